The summed E-state index contributed by atoms with van der Waals surface area (Å²) < 4.78 is 32.4. The summed E-state index contributed by atoms with van der Waals surface area (Å²) in [6.45, 7) is 7.65. The van der Waals surface area contributed by atoms with E-state index >= 15 is 0 Å². The highest BCUT2D eigenvalue weighted by atomic mass is 32.2. The van der Waals surface area contributed by atoms with E-state index in [0.29, 0.717) is 18.0 Å². The minimum atomic E-state index is -3.56. The Bertz CT molecular complexity index is 879. The molecule has 0 unspecified atom stereocenters. The van der Waals surface area contributed by atoms with Crippen molar-refractivity contribution in [1.82, 2.24) is 9.21 Å². The van der Waals surface area contributed by atoms with Crippen LogP contribution >= 0.6 is 0 Å². The molecule has 0 N–H and O–H groups in total. The van der Waals surface area contributed by atoms with Gasteiger partial charge in [0.1, 0.15) is 0 Å². The number of amides is 1. The van der Waals surface area contributed by atoms with Crippen LogP contribution in [0.15, 0.2) is 52.0 Å². The molecule has 0 bridgehead atoms. The lowest BCUT2D eigenvalue weighted by molar-refractivity contribution is 0.0666. The van der Waals surface area contributed by atoms with Crippen LogP contribution in [0, 0.1) is 0 Å². The molecule has 27 heavy (non-hydrogen) atoms. The van der Waals surface area contributed by atoms with Gasteiger partial charge in [0.05, 0.1) is 11.2 Å². The Kier molecular flexibility index (Phi) is 5.44. The topological polar surface area (TPSA) is 70.8 Å². The lowest BCUT2D eigenvalue weighted by Crippen LogP contribution is -2.50. The third-order valence-electron chi connectivity index (χ3n) is 5.42. The van der Waals surface area contributed by atoms with Crippen molar-refractivity contribution in [2.45, 2.75) is 37.5 Å². The average molecular weight is 391 g/mol. The fourth-order valence-electron chi connectivity index (χ4n) is 3.12. The highest BCUT2D eigenvalue weighted by molar-refractivity contribution is 7.89. The van der Waals surface area contributed by atoms with Gasteiger partial charge in [0.2, 0.25) is 10.0 Å². The third-order valence-corrected chi connectivity index (χ3v) is 7.33. The second kappa shape index (κ2) is 7.48. The summed E-state index contributed by atoms with van der Waals surface area (Å²) in [5, 5.41) is 0. The molecule has 0 aliphatic carbocycles. The van der Waals surface area contributed by atoms with Crippen LogP contribution in [0.25, 0.3) is 0 Å². The lowest BCUT2D eigenvalue weighted by atomic mass is 9.82. The maximum atomic E-state index is 12.9. The number of benzene rings is 1. The number of rotatable bonds is 5. The first kappa shape index (κ1) is 19.6. The third kappa shape index (κ3) is 3.94. The van der Waals surface area contributed by atoms with Gasteiger partial charge in [-0.2, -0.15) is 4.31 Å². The number of carbonyl (C=O) groups excluding carboxylic acids is 1. The summed E-state index contributed by atoms with van der Waals surface area (Å²) >= 11 is 0. The summed E-state index contributed by atoms with van der Waals surface area (Å²) in [5.74, 6) is 0.0728. The molecule has 0 atom stereocenters. The van der Waals surface area contributed by atoms with Crippen molar-refractivity contribution >= 4 is 15.9 Å². The molecule has 1 aliphatic rings. The van der Waals surface area contributed by atoms with Gasteiger partial charge in [-0.25, -0.2) is 8.42 Å². The molecule has 0 spiro atoms. The molecule has 2 aromatic rings. The largest absolute Gasteiger partial charge is 0.459 e. The molecule has 3 rings (SSSR count). The van der Waals surface area contributed by atoms with Gasteiger partial charge < -0.3 is 9.32 Å². The number of carbonyl (C=O) groups is 1. The fourth-order valence-corrected chi connectivity index (χ4v) is 4.54. The van der Waals surface area contributed by atoms with Crippen molar-refractivity contribution in [1.29, 1.82) is 0 Å². The molecule has 0 radical (unpaired) electrons. The molecule has 1 aromatic heterocycles. The average Bonchev–Trinajstić information content (AvgIpc) is 3.22. The second-order valence-electron chi connectivity index (χ2n) is 7.44. The van der Waals surface area contributed by atoms with E-state index in [1.165, 1.54) is 10.6 Å². The molecular formula is C20H26N2O4S. The Morgan fingerprint density at radius 2 is 1.70 bits per heavy atom. The minimum Gasteiger partial charge on any atom is -0.459 e. The molecule has 1 amide bonds. The predicted molar refractivity (Wildman–Crippen MR) is 103 cm³/mol. The van der Waals surface area contributed by atoms with E-state index in [1.807, 2.05) is 12.1 Å². The quantitative estimate of drug-likeness (QED) is 0.786. The van der Waals surface area contributed by atoms with Crippen molar-refractivity contribution in [3.05, 3.63) is 54.0 Å². The minimum absolute atomic E-state index is 0.0140. The molecule has 2 heterocycles. The van der Waals surface area contributed by atoms with E-state index < -0.39 is 10.0 Å². The second-order valence-corrected chi connectivity index (χ2v) is 9.37. The summed E-state index contributed by atoms with van der Waals surface area (Å²) in [5.41, 5.74) is 1.14. The van der Waals surface area contributed by atoms with Gasteiger partial charge in [0.25, 0.3) is 5.91 Å². The summed E-state index contributed by atoms with van der Waals surface area (Å²) in [6, 6.07) is 10.4. The molecular weight excluding hydrogens is 364 g/mol. The highest BCUT2D eigenvalue weighted by Crippen LogP contribution is 2.28. The van der Waals surface area contributed by atoms with Crippen LogP contribution in [0.3, 0.4) is 0 Å². The van der Waals surface area contributed by atoms with Crippen molar-refractivity contribution in [3.63, 3.8) is 0 Å². The standard InChI is InChI=1S/C20H26N2O4S/c1-4-20(2,3)16-7-9-17(10-8-16)27(24,25)22-13-11-21(12-14-22)19(23)18-6-5-15-26-18/h5-10,15H,4,11-14H2,1-3H3. The number of hydrogen-bond acceptors (Lipinski definition) is 4. The molecule has 1 fully saturated rings. The zero-order valence-electron chi connectivity index (χ0n) is 16.0. The van der Waals surface area contributed by atoms with Crippen LogP contribution < -0.4 is 0 Å². The number of furan rings is 1. The normalized spacial score (nSPS) is 16.5. The molecule has 1 aliphatic heterocycles. The van der Waals surface area contributed by atoms with Gasteiger partial charge in [-0.1, -0.05) is 32.9 Å². The van der Waals surface area contributed by atoms with E-state index in [4.69, 9.17) is 4.42 Å². The van der Waals surface area contributed by atoms with E-state index in [-0.39, 0.29) is 30.2 Å². The predicted octanol–water partition coefficient (Wildman–Crippen LogP) is 3.11. The van der Waals surface area contributed by atoms with Crippen molar-refractivity contribution in [2.75, 3.05) is 26.2 Å². The van der Waals surface area contributed by atoms with E-state index in [9.17, 15) is 13.2 Å². The van der Waals surface area contributed by atoms with Gasteiger partial charge in [0, 0.05) is 26.2 Å². The van der Waals surface area contributed by atoms with Crippen LogP contribution in [0.5, 0.6) is 0 Å². The van der Waals surface area contributed by atoms with Crippen molar-refractivity contribution in [2.24, 2.45) is 0 Å². The first-order valence-corrected chi connectivity index (χ1v) is 10.6. The van der Waals surface area contributed by atoms with Crippen LogP contribution in [-0.4, -0.2) is 49.7 Å². The van der Waals surface area contributed by atoms with Crippen LogP contribution in [0.4, 0.5) is 0 Å². The van der Waals surface area contributed by atoms with Gasteiger partial charge in [-0.15, -0.1) is 0 Å². The highest BCUT2D eigenvalue weighted by Gasteiger charge is 2.31. The van der Waals surface area contributed by atoms with Gasteiger partial charge in [-0.05, 0) is 41.7 Å². The van der Waals surface area contributed by atoms with Gasteiger partial charge >= 0.3 is 0 Å². The zero-order chi connectivity index (χ0) is 19.7. The number of hydrogen-bond donors (Lipinski definition) is 0. The van der Waals surface area contributed by atoms with Gasteiger partial charge in [0.15, 0.2) is 5.76 Å². The zero-order valence-corrected chi connectivity index (χ0v) is 16.8. The molecule has 6 nitrogen and oxygen atoms in total. The number of piperazine rings is 1. The van der Waals surface area contributed by atoms with Crippen LogP contribution in [0.2, 0.25) is 0 Å². The van der Waals surface area contributed by atoms with Crippen LogP contribution in [-0.2, 0) is 15.4 Å². The fraction of sp³-hybridized carbons (Fsp3) is 0.450. The summed E-state index contributed by atoms with van der Waals surface area (Å²) in [6.07, 6.45) is 2.43. The van der Waals surface area contributed by atoms with Gasteiger partial charge in [-0.3, -0.25) is 4.79 Å². The Morgan fingerprint density at radius 3 is 2.22 bits per heavy atom. The van der Waals surface area contributed by atoms with E-state index in [1.54, 1.807) is 29.2 Å². The number of nitrogens with zero attached hydrogens (tertiary/aromatic N) is 2. The Balaban J connectivity index is 1.69. The molecule has 1 aromatic carbocycles. The lowest BCUT2D eigenvalue weighted by Gasteiger charge is -2.33. The first-order valence-electron chi connectivity index (χ1n) is 9.19. The number of sulfonamides is 1. The monoisotopic (exact) mass is 390 g/mol. The van der Waals surface area contributed by atoms with E-state index in [2.05, 4.69) is 20.8 Å². The smallest absolute Gasteiger partial charge is 0.289 e. The van der Waals surface area contributed by atoms with Crippen molar-refractivity contribution < 1.29 is 17.6 Å². The Hall–Kier alpha value is -2.12. The molecule has 1 saturated heterocycles. The Morgan fingerprint density at radius 1 is 1.07 bits per heavy atom. The maximum absolute atomic E-state index is 12.9. The Labute approximate surface area is 160 Å². The van der Waals surface area contributed by atoms with E-state index in [0.717, 1.165) is 12.0 Å². The summed E-state index contributed by atoms with van der Waals surface area (Å²) in [7, 11) is -3.56. The molecule has 146 valence electrons. The maximum Gasteiger partial charge on any atom is 0.289 e. The molecule has 7 heteroatoms. The molecule has 0 saturated carbocycles. The van der Waals surface area contributed by atoms with Crippen molar-refractivity contribution in [3.8, 4) is 0 Å². The SMILES string of the molecule is CCC(C)(C)c1ccc(S(=O)(=O)N2CCN(C(=O)c3ccco3)CC2)cc1. The first-order chi connectivity index (χ1) is 12.8. The van der Waals surface area contributed by atoms with Crippen LogP contribution in [0.1, 0.15) is 43.3 Å². The summed E-state index contributed by atoms with van der Waals surface area (Å²) in [4.78, 5) is 14.2.